The molecule has 0 spiro atoms. The first-order chi connectivity index (χ1) is 8.09. The second-order valence-corrected chi connectivity index (χ2v) is 5.75. The molecule has 1 atom stereocenters. The van der Waals surface area contributed by atoms with Crippen molar-refractivity contribution < 1.29 is 9.90 Å². The average molecular weight is 345 g/mol. The Morgan fingerprint density at radius 3 is 2.94 bits per heavy atom. The number of amides is 1. The zero-order valence-corrected chi connectivity index (χ0v) is 12.0. The van der Waals surface area contributed by atoms with Gasteiger partial charge < -0.3 is 10.0 Å². The van der Waals surface area contributed by atoms with Crippen LogP contribution >= 0.6 is 22.6 Å². The number of nitrogens with zero attached hydrogens (tertiary/aromatic N) is 1. The van der Waals surface area contributed by atoms with E-state index in [1.54, 1.807) is 18.2 Å². The number of benzene rings is 1. The lowest BCUT2D eigenvalue weighted by Gasteiger charge is -2.33. The Labute approximate surface area is 115 Å². The number of phenolic OH excluding ortho intramolecular Hbond substituents is 1. The molecule has 1 N–H and O–H groups in total. The molecule has 4 heteroatoms. The van der Waals surface area contributed by atoms with Crippen molar-refractivity contribution in [2.45, 2.75) is 32.2 Å². The molecule has 3 nitrogen and oxygen atoms in total. The molecule has 2 rings (SSSR count). The predicted molar refractivity (Wildman–Crippen MR) is 75.2 cm³/mol. The number of phenols is 1. The Balaban J connectivity index is 2.26. The number of hydrogen-bond donors (Lipinski definition) is 1. The molecule has 0 saturated carbocycles. The van der Waals surface area contributed by atoms with Gasteiger partial charge in [0, 0.05) is 16.2 Å². The molecule has 1 amide bonds. The van der Waals surface area contributed by atoms with Crippen LogP contribution in [0.1, 0.15) is 36.5 Å². The van der Waals surface area contributed by atoms with Gasteiger partial charge in [-0.25, -0.2) is 0 Å². The van der Waals surface area contributed by atoms with Crippen LogP contribution in [-0.4, -0.2) is 28.5 Å². The lowest BCUT2D eigenvalue weighted by molar-refractivity contribution is 0.0632. The van der Waals surface area contributed by atoms with Gasteiger partial charge in [-0.3, -0.25) is 4.79 Å². The lowest BCUT2D eigenvalue weighted by atomic mass is 10.0. The number of hydrogen-bond acceptors (Lipinski definition) is 2. The highest BCUT2D eigenvalue weighted by atomic mass is 127. The van der Waals surface area contributed by atoms with Crippen molar-refractivity contribution in [3.05, 3.63) is 27.3 Å². The monoisotopic (exact) mass is 345 g/mol. The molecule has 0 radical (unpaired) electrons. The van der Waals surface area contributed by atoms with Crippen LogP contribution in [0.3, 0.4) is 0 Å². The van der Waals surface area contributed by atoms with Gasteiger partial charge in [0.05, 0.1) is 5.56 Å². The number of carbonyl (C=O) groups excluding carboxylic acids is 1. The van der Waals surface area contributed by atoms with Crippen LogP contribution < -0.4 is 0 Å². The third-order valence-electron chi connectivity index (χ3n) is 3.25. The Bertz CT molecular complexity index is 433. The van der Waals surface area contributed by atoms with E-state index in [0.717, 1.165) is 23.0 Å². The van der Waals surface area contributed by atoms with E-state index in [9.17, 15) is 9.90 Å². The number of aromatic hydroxyl groups is 1. The first-order valence-corrected chi connectivity index (χ1v) is 6.97. The molecule has 17 heavy (non-hydrogen) atoms. The van der Waals surface area contributed by atoms with Gasteiger partial charge in [-0.05, 0) is 67.0 Å². The summed E-state index contributed by atoms with van der Waals surface area (Å²) in [7, 11) is 0. The second kappa shape index (κ2) is 5.25. The summed E-state index contributed by atoms with van der Waals surface area (Å²) >= 11 is 2.15. The molecule has 0 aromatic heterocycles. The third-order valence-corrected chi connectivity index (χ3v) is 3.92. The molecule has 1 aliphatic heterocycles. The van der Waals surface area contributed by atoms with E-state index in [2.05, 4.69) is 29.5 Å². The van der Waals surface area contributed by atoms with Crippen molar-refractivity contribution in [3.63, 3.8) is 0 Å². The van der Waals surface area contributed by atoms with Gasteiger partial charge in [0.2, 0.25) is 0 Å². The lowest BCUT2D eigenvalue weighted by Crippen LogP contribution is -2.42. The van der Waals surface area contributed by atoms with E-state index in [1.807, 2.05) is 4.90 Å². The third kappa shape index (κ3) is 2.73. The summed E-state index contributed by atoms with van der Waals surface area (Å²) in [6, 6.07) is 5.41. The maximum Gasteiger partial charge on any atom is 0.257 e. The SMILES string of the molecule is CC1CCCCN1C(=O)c1cc(I)ccc1O. The predicted octanol–water partition coefficient (Wildman–Crippen LogP) is 3.01. The van der Waals surface area contributed by atoms with Crippen molar-refractivity contribution in [1.29, 1.82) is 0 Å². The summed E-state index contributed by atoms with van der Waals surface area (Å²) in [6.45, 7) is 2.87. The maximum atomic E-state index is 12.3. The van der Waals surface area contributed by atoms with Crippen molar-refractivity contribution >= 4 is 28.5 Å². The van der Waals surface area contributed by atoms with Crippen LogP contribution in [-0.2, 0) is 0 Å². The Morgan fingerprint density at radius 1 is 1.47 bits per heavy atom. The van der Waals surface area contributed by atoms with Crippen molar-refractivity contribution in [2.24, 2.45) is 0 Å². The minimum Gasteiger partial charge on any atom is -0.507 e. The van der Waals surface area contributed by atoms with Crippen LogP contribution in [0.15, 0.2) is 18.2 Å². The summed E-state index contributed by atoms with van der Waals surface area (Å²) in [5.74, 6) is 0.0291. The van der Waals surface area contributed by atoms with Gasteiger partial charge in [0.25, 0.3) is 5.91 Å². The number of halogens is 1. The van der Waals surface area contributed by atoms with Gasteiger partial charge >= 0.3 is 0 Å². The van der Waals surface area contributed by atoms with Gasteiger partial charge in [-0.1, -0.05) is 0 Å². The molecule has 1 aromatic carbocycles. The first kappa shape index (κ1) is 12.7. The number of carbonyl (C=O) groups is 1. The Hall–Kier alpha value is -0.780. The fraction of sp³-hybridized carbons (Fsp3) is 0.462. The molecule has 1 saturated heterocycles. The van der Waals surface area contributed by atoms with Crippen LogP contribution in [0.2, 0.25) is 0 Å². The van der Waals surface area contributed by atoms with Crippen LogP contribution in [0.5, 0.6) is 5.75 Å². The summed E-state index contributed by atoms with van der Waals surface area (Å²) in [5, 5.41) is 9.77. The standard InChI is InChI=1S/C13H16INO2/c1-9-4-2-3-7-15(9)13(17)11-8-10(14)5-6-12(11)16/h5-6,8-9,16H,2-4,7H2,1H3. The fourth-order valence-electron chi connectivity index (χ4n) is 2.23. The Kier molecular flexibility index (Phi) is 3.91. The number of rotatable bonds is 1. The summed E-state index contributed by atoms with van der Waals surface area (Å²) in [5.41, 5.74) is 0.422. The highest BCUT2D eigenvalue weighted by Gasteiger charge is 2.25. The van der Waals surface area contributed by atoms with Crippen LogP contribution in [0, 0.1) is 3.57 Å². The highest BCUT2D eigenvalue weighted by molar-refractivity contribution is 14.1. The smallest absolute Gasteiger partial charge is 0.257 e. The van der Waals surface area contributed by atoms with Crippen molar-refractivity contribution in [3.8, 4) is 5.75 Å². The molecule has 0 bridgehead atoms. The highest BCUT2D eigenvalue weighted by Crippen LogP contribution is 2.25. The van der Waals surface area contributed by atoms with Gasteiger partial charge in [-0.2, -0.15) is 0 Å². The van der Waals surface area contributed by atoms with Crippen LogP contribution in [0.25, 0.3) is 0 Å². The topological polar surface area (TPSA) is 40.5 Å². The van der Waals surface area contributed by atoms with Crippen molar-refractivity contribution in [2.75, 3.05) is 6.54 Å². The minimum absolute atomic E-state index is 0.0479. The molecule has 1 aromatic rings. The number of likely N-dealkylation sites (tertiary alicyclic amines) is 1. The van der Waals surface area contributed by atoms with E-state index < -0.39 is 0 Å². The zero-order chi connectivity index (χ0) is 12.4. The van der Waals surface area contributed by atoms with E-state index in [4.69, 9.17) is 0 Å². The largest absolute Gasteiger partial charge is 0.507 e. The fourth-order valence-corrected chi connectivity index (χ4v) is 2.73. The van der Waals surface area contributed by atoms with Gasteiger partial charge in [0.15, 0.2) is 0 Å². The van der Waals surface area contributed by atoms with E-state index >= 15 is 0 Å². The molecule has 1 unspecified atom stereocenters. The van der Waals surface area contributed by atoms with E-state index in [0.29, 0.717) is 5.56 Å². The first-order valence-electron chi connectivity index (χ1n) is 5.89. The molecule has 1 fully saturated rings. The summed E-state index contributed by atoms with van der Waals surface area (Å²) in [6.07, 6.45) is 3.29. The Morgan fingerprint density at radius 2 is 2.24 bits per heavy atom. The van der Waals surface area contributed by atoms with Crippen molar-refractivity contribution in [1.82, 2.24) is 4.90 Å². The molecular formula is C13H16INO2. The molecule has 92 valence electrons. The molecule has 1 aliphatic rings. The quantitative estimate of drug-likeness (QED) is 0.795. The normalized spacial score (nSPS) is 20.4. The number of piperidine rings is 1. The van der Waals surface area contributed by atoms with Gasteiger partial charge in [-0.15, -0.1) is 0 Å². The van der Waals surface area contributed by atoms with Gasteiger partial charge in [0.1, 0.15) is 5.75 Å². The second-order valence-electron chi connectivity index (χ2n) is 4.50. The summed E-state index contributed by atoms with van der Waals surface area (Å²) in [4.78, 5) is 14.2. The van der Waals surface area contributed by atoms with E-state index in [1.165, 1.54) is 6.42 Å². The van der Waals surface area contributed by atoms with Crippen LogP contribution in [0.4, 0.5) is 0 Å². The average Bonchev–Trinajstić information content (AvgIpc) is 2.32. The maximum absolute atomic E-state index is 12.3. The van der Waals surface area contributed by atoms with E-state index in [-0.39, 0.29) is 17.7 Å². The minimum atomic E-state index is -0.0479. The zero-order valence-electron chi connectivity index (χ0n) is 9.82. The molecule has 0 aliphatic carbocycles. The molecule has 1 heterocycles. The molecular weight excluding hydrogens is 329 g/mol. The summed E-state index contributed by atoms with van der Waals surface area (Å²) < 4.78 is 0.966.